The Morgan fingerprint density at radius 1 is 1.03 bits per heavy atom. The molecule has 8 heteroatoms. The van der Waals surface area contributed by atoms with Crippen molar-refractivity contribution in [2.24, 2.45) is 4.99 Å². The molecule has 178 valence electrons. The molecular formula is C25H36IN7. The van der Waals surface area contributed by atoms with Gasteiger partial charge in [0.2, 0.25) is 0 Å². The van der Waals surface area contributed by atoms with Crippen LogP contribution in [0.2, 0.25) is 0 Å². The first-order valence-corrected chi connectivity index (χ1v) is 11.7. The number of hydrogen-bond acceptors (Lipinski definition) is 4. The van der Waals surface area contributed by atoms with Gasteiger partial charge in [0.25, 0.3) is 0 Å². The highest BCUT2D eigenvalue weighted by Crippen LogP contribution is 2.15. The highest BCUT2D eigenvalue weighted by atomic mass is 127. The van der Waals surface area contributed by atoms with Gasteiger partial charge < -0.3 is 25.0 Å². The van der Waals surface area contributed by atoms with E-state index in [0.717, 1.165) is 69.6 Å². The highest BCUT2D eigenvalue weighted by Gasteiger charge is 2.14. The van der Waals surface area contributed by atoms with Crippen molar-refractivity contribution in [3.8, 4) is 0 Å². The zero-order valence-electron chi connectivity index (χ0n) is 19.7. The van der Waals surface area contributed by atoms with Crippen molar-refractivity contribution in [2.75, 3.05) is 51.2 Å². The smallest absolute Gasteiger partial charge is 0.191 e. The summed E-state index contributed by atoms with van der Waals surface area (Å²) < 4.78 is 2.31. The minimum Gasteiger partial charge on any atom is -0.357 e. The standard InChI is InChI=1S/C25H35N7.HI/c1-3-26-25(27-12-6-13-31-14-11-22-7-4-5-8-23(22)31)29-20-21-9-10-24(28-19-21)32-17-15-30(2)16-18-32;/h4-5,7-11,14,19H,3,6,12-13,15-18,20H2,1-2H3,(H2,26,27,29);1H. The summed E-state index contributed by atoms with van der Waals surface area (Å²) in [7, 11) is 2.17. The van der Waals surface area contributed by atoms with Crippen LogP contribution >= 0.6 is 24.0 Å². The van der Waals surface area contributed by atoms with Gasteiger partial charge in [0.05, 0.1) is 6.54 Å². The second-order valence-electron chi connectivity index (χ2n) is 8.36. The van der Waals surface area contributed by atoms with Crippen LogP contribution in [0, 0.1) is 0 Å². The van der Waals surface area contributed by atoms with Gasteiger partial charge in [-0.15, -0.1) is 24.0 Å². The van der Waals surface area contributed by atoms with Gasteiger partial charge in [0.1, 0.15) is 5.82 Å². The molecule has 0 saturated carbocycles. The van der Waals surface area contributed by atoms with Crippen molar-refractivity contribution in [1.29, 1.82) is 0 Å². The lowest BCUT2D eigenvalue weighted by Crippen LogP contribution is -2.44. The predicted octanol–water partition coefficient (Wildman–Crippen LogP) is 3.55. The maximum atomic E-state index is 4.75. The van der Waals surface area contributed by atoms with E-state index in [9.17, 15) is 0 Å². The number of halogens is 1. The average Bonchev–Trinajstić information content (AvgIpc) is 3.24. The van der Waals surface area contributed by atoms with E-state index in [-0.39, 0.29) is 24.0 Å². The summed E-state index contributed by atoms with van der Waals surface area (Å²) in [5, 5.41) is 8.10. The fourth-order valence-electron chi connectivity index (χ4n) is 4.04. The van der Waals surface area contributed by atoms with E-state index < -0.39 is 0 Å². The number of aliphatic imine (C=N–C) groups is 1. The Labute approximate surface area is 214 Å². The SMILES string of the molecule is CCNC(=NCc1ccc(N2CCN(C)CC2)nc1)NCCCn1ccc2ccccc21.I. The molecule has 1 saturated heterocycles. The molecule has 1 aromatic carbocycles. The van der Waals surface area contributed by atoms with Gasteiger partial charge in [-0.05, 0) is 49.5 Å². The van der Waals surface area contributed by atoms with Crippen LogP contribution in [0.15, 0.2) is 59.9 Å². The van der Waals surface area contributed by atoms with Crippen LogP contribution in [-0.4, -0.2) is 66.7 Å². The van der Waals surface area contributed by atoms with Crippen LogP contribution in [0.4, 0.5) is 5.82 Å². The Morgan fingerprint density at radius 2 is 1.85 bits per heavy atom. The Kier molecular flexibility index (Phi) is 9.80. The molecule has 0 bridgehead atoms. The van der Waals surface area contributed by atoms with Crippen LogP contribution in [0.5, 0.6) is 0 Å². The molecule has 0 atom stereocenters. The molecule has 3 aromatic rings. The molecule has 1 aliphatic heterocycles. The Morgan fingerprint density at radius 3 is 2.61 bits per heavy atom. The van der Waals surface area contributed by atoms with Crippen molar-refractivity contribution >= 4 is 46.7 Å². The third kappa shape index (κ3) is 7.07. The zero-order chi connectivity index (χ0) is 22.2. The van der Waals surface area contributed by atoms with E-state index in [0.29, 0.717) is 6.54 Å². The number of benzene rings is 1. The zero-order valence-corrected chi connectivity index (χ0v) is 22.0. The number of nitrogens with one attached hydrogen (secondary N) is 2. The monoisotopic (exact) mass is 561 g/mol. The van der Waals surface area contributed by atoms with Gasteiger partial charge in [-0.2, -0.15) is 0 Å². The first kappa shape index (κ1) is 25.3. The number of para-hydroxylation sites is 1. The number of guanidine groups is 1. The molecule has 0 spiro atoms. The number of pyridine rings is 1. The maximum absolute atomic E-state index is 4.75. The van der Waals surface area contributed by atoms with Gasteiger partial charge in [-0.1, -0.05) is 24.3 Å². The van der Waals surface area contributed by atoms with E-state index in [1.165, 1.54) is 10.9 Å². The van der Waals surface area contributed by atoms with E-state index in [1.807, 2.05) is 6.20 Å². The normalized spacial score (nSPS) is 14.8. The number of hydrogen-bond donors (Lipinski definition) is 2. The largest absolute Gasteiger partial charge is 0.357 e. The fourth-order valence-corrected chi connectivity index (χ4v) is 4.04. The number of likely N-dealkylation sites (N-methyl/N-ethyl adjacent to an activating group) is 1. The molecular weight excluding hydrogens is 525 g/mol. The van der Waals surface area contributed by atoms with E-state index in [1.54, 1.807) is 0 Å². The van der Waals surface area contributed by atoms with E-state index >= 15 is 0 Å². The summed E-state index contributed by atoms with van der Waals surface area (Å²) in [5.41, 5.74) is 2.42. The van der Waals surface area contributed by atoms with Crippen LogP contribution in [-0.2, 0) is 13.1 Å². The summed E-state index contributed by atoms with van der Waals surface area (Å²) in [6, 6.07) is 15.0. The van der Waals surface area contributed by atoms with Gasteiger partial charge in [0.15, 0.2) is 5.96 Å². The first-order valence-electron chi connectivity index (χ1n) is 11.7. The van der Waals surface area contributed by atoms with Gasteiger partial charge in [-0.25, -0.2) is 9.98 Å². The molecule has 1 aliphatic rings. The first-order chi connectivity index (χ1) is 15.7. The second kappa shape index (κ2) is 12.8. The molecule has 1 fully saturated rings. The van der Waals surface area contributed by atoms with Crippen molar-refractivity contribution in [3.05, 3.63) is 60.4 Å². The number of anilines is 1. The van der Waals surface area contributed by atoms with Crippen LogP contribution in [0.25, 0.3) is 10.9 Å². The minimum atomic E-state index is 0. The summed E-state index contributed by atoms with van der Waals surface area (Å²) >= 11 is 0. The topological polar surface area (TPSA) is 60.7 Å². The molecule has 0 radical (unpaired) electrons. The fraction of sp³-hybridized carbons (Fsp3) is 0.440. The third-order valence-corrected chi connectivity index (χ3v) is 5.95. The average molecular weight is 562 g/mol. The number of aryl methyl sites for hydroxylation is 1. The van der Waals surface area contributed by atoms with Crippen LogP contribution in [0.1, 0.15) is 18.9 Å². The van der Waals surface area contributed by atoms with Crippen LogP contribution < -0.4 is 15.5 Å². The molecule has 33 heavy (non-hydrogen) atoms. The summed E-state index contributed by atoms with van der Waals surface area (Å²) in [5.74, 6) is 1.92. The van der Waals surface area contributed by atoms with E-state index in [2.05, 4.69) is 92.6 Å². The summed E-state index contributed by atoms with van der Waals surface area (Å²) in [4.78, 5) is 14.1. The number of rotatable bonds is 8. The van der Waals surface area contributed by atoms with Crippen LogP contribution in [0.3, 0.4) is 0 Å². The Balaban J connectivity index is 0.00000306. The van der Waals surface area contributed by atoms with Gasteiger partial charge >= 0.3 is 0 Å². The molecule has 2 aromatic heterocycles. The third-order valence-electron chi connectivity index (χ3n) is 5.95. The van der Waals surface area contributed by atoms with Crippen molar-refractivity contribution in [2.45, 2.75) is 26.4 Å². The molecule has 4 rings (SSSR count). The lowest BCUT2D eigenvalue weighted by Gasteiger charge is -2.33. The van der Waals surface area contributed by atoms with Crippen molar-refractivity contribution in [1.82, 2.24) is 25.1 Å². The number of fused-ring (bicyclic) bond motifs is 1. The second-order valence-corrected chi connectivity index (χ2v) is 8.36. The quantitative estimate of drug-likeness (QED) is 0.191. The molecule has 0 aliphatic carbocycles. The number of nitrogens with zero attached hydrogens (tertiary/aromatic N) is 5. The Bertz CT molecular complexity index is 1010. The number of aromatic nitrogens is 2. The molecule has 0 amide bonds. The lowest BCUT2D eigenvalue weighted by molar-refractivity contribution is 0.312. The number of piperazine rings is 1. The maximum Gasteiger partial charge on any atom is 0.191 e. The lowest BCUT2D eigenvalue weighted by atomic mass is 10.2. The summed E-state index contributed by atoms with van der Waals surface area (Å²) in [6.07, 6.45) is 5.16. The predicted molar refractivity (Wildman–Crippen MR) is 149 cm³/mol. The van der Waals surface area contributed by atoms with Gasteiger partial charge in [-0.3, -0.25) is 0 Å². The van der Waals surface area contributed by atoms with Gasteiger partial charge in [0, 0.05) is 63.7 Å². The molecule has 0 unspecified atom stereocenters. The molecule has 2 N–H and O–H groups in total. The van der Waals surface area contributed by atoms with E-state index in [4.69, 9.17) is 4.99 Å². The minimum absolute atomic E-state index is 0. The highest BCUT2D eigenvalue weighted by molar-refractivity contribution is 14.0. The Hall–Kier alpha value is -2.33. The van der Waals surface area contributed by atoms with Crippen molar-refractivity contribution in [3.63, 3.8) is 0 Å². The molecule has 3 heterocycles. The molecule has 7 nitrogen and oxygen atoms in total. The van der Waals surface area contributed by atoms with Crippen molar-refractivity contribution < 1.29 is 0 Å². The summed E-state index contributed by atoms with van der Waals surface area (Å²) in [6.45, 7) is 9.66.